The summed E-state index contributed by atoms with van der Waals surface area (Å²) in [7, 11) is -6.36. The zero-order valence-electron chi connectivity index (χ0n) is 16.0. The van der Waals surface area contributed by atoms with Crippen LogP contribution in [0, 0.1) is 23.2 Å². The van der Waals surface area contributed by atoms with Crippen LogP contribution in [-0.2, 0) is 29.2 Å². The smallest absolute Gasteiger partial charge is 0.459 e. The predicted molar refractivity (Wildman–Crippen MR) is 88.9 cm³/mol. The molecule has 0 heterocycles. The number of esters is 2. The first-order chi connectivity index (χ1) is 14.0. The molecule has 4 bridgehead atoms. The number of carbonyl (C=O) groups is 2. The lowest BCUT2D eigenvalue weighted by atomic mass is 9.49. The van der Waals surface area contributed by atoms with Crippen molar-refractivity contribution in [3.63, 3.8) is 0 Å². The molecule has 4 aliphatic carbocycles. The van der Waals surface area contributed by atoms with Crippen molar-refractivity contribution >= 4 is 22.1 Å². The molecule has 4 rings (SSSR count). The van der Waals surface area contributed by atoms with E-state index in [9.17, 15) is 44.3 Å². The maximum absolute atomic E-state index is 13.9. The van der Waals surface area contributed by atoms with Gasteiger partial charge in [0, 0.05) is 0 Å². The van der Waals surface area contributed by atoms with Crippen LogP contribution in [0.5, 0.6) is 0 Å². The minimum absolute atomic E-state index is 0.254. The van der Waals surface area contributed by atoms with Crippen LogP contribution in [0.2, 0.25) is 0 Å². The molecule has 0 aromatic carbocycles. The maximum atomic E-state index is 13.9. The quantitative estimate of drug-likeness (QED) is 0.322. The van der Waals surface area contributed by atoms with Crippen molar-refractivity contribution in [2.75, 3.05) is 13.2 Å². The lowest BCUT2D eigenvalue weighted by Crippen LogP contribution is -2.53. The van der Waals surface area contributed by atoms with Gasteiger partial charge in [0.05, 0.1) is 5.41 Å². The number of halogens is 6. The lowest BCUT2D eigenvalue weighted by Gasteiger charge is -2.55. The molecule has 0 aromatic heterocycles. The van der Waals surface area contributed by atoms with Crippen molar-refractivity contribution in [2.45, 2.75) is 55.6 Å². The number of ether oxygens (including phenoxy) is 2. The van der Waals surface area contributed by atoms with Crippen molar-refractivity contribution < 1.29 is 58.4 Å². The van der Waals surface area contributed by atoms with Crippen LogP contribution in [0.4, 0.5) is 26.3 Å². The Labute approximate surface area is 173 Å². The van der Waals surface area contributed by atoms with Gasteiger partial charge in [-0.05, 0) is 56.3 Å². The Morgan fingerprint density at radius 3 is 1.61 bits per heavy atom. The minimum atomic E-state index is -6.36. The van der Waals surface area contributed by atoms with Crippen LogP contribution in [0.15, 0.2) is 0 Å². The molecule has 4 fully saturated rings. The van der Waals surface area contributed by atoms with Gasteiger partial charge in [-0.15, -0.1) is 0 Å². The summed E-state index contributed by atoms with van der Waals surface area (Å²) >= 11 is 0. The molecular formula is C17H20F6O7S. The van der Waals surface area contributed by atoms with Crippen molar-refractivity contribution in [2.24, 2.45) is 23.2 Å². The number of hydrogen-bond donors (Lipinski definition) is 1. The molecule has 4 aliphatic rings. The van der Waals surface area contributed by atoms with Gasteiger partial charge >= 0.3 is 39.2 Å². The molecule has 178 valence electrons. The number of rotatable bonds is 8. The van der Waals surface area contributed by atoms with Crippen molar-refractivity contribution in [3.05, 3.63) is 0 Å². The van der Waals surface area contributed by atoms with Crippen molar-refractivity contribution in [1.29, 1.82) is 0 Å². The third-order valence-corrected chi connectivity index (χ3v) is 7.15. The average Bonchev–Trinajstić information content (AvgIpc) is 2.62. The SMILES string of the molecule is O=C(OCC(F)(F)C(F)(F)COC(=O)C(F)(F)S(=O)(=O)O)C12CC3CC(CC(C3)C1)C2. The molecule has 1 N–H and O–H groups in total. The zero-order chi connectivity index (χ0) is 23.5. The summed E-state index contributed by atoms with van der Waals surface area (Å²) in [6.45, 7) is -4.70. The van der Waals surface area contributed by atoms with Crippen LogP contribution >= 0.6 is 0 Å². The van der Waals surface area contributed by atoms with Gasteiger partial charge in [-0.3, -0.25) is 9.35 Å². The summed E-state index contributed by atoms with van der Waals surface area (Å²) in [5.41, 5.74) is -0.996. The summed E-state index contributed by atoms with van der Waals surface area (Å²) in [6, 6.07) is 0. The second-order valence-corrected chi connectivity index (χ2v) is 10.2. The number of hydrogen-bond acceptors (Lipinski definition) is 6. The Balaban J connectivity index is 1.59. The predicted octanol–water partition coefficient (Wildman–Crippen LogP) is 3.04. The van der Waals surface area contributed by atoms with Crippen molar-refractivity contribution in [3.8, 4) is 0 Å². The fraction of sp³-hybridized carbons (Fsp3) is 0.882. The van der Waals surface area contributed by atoms with E-state index >= 15 is 0 Å². The van der Waals surface area contributed by atoms with Gasteiger partial charge in [0.1, 0.15) is 0 Å². The Bertz CT molecular complexity index is 822. The third-order valence-electron chi connectivity index (χ3n) is 6.34. The van der Waals surface area contributed by atoms with Gasteiger partial charge in [-0.25, -0.2) is 4.79 Å². The van der Waals surface area contributed by atoms with E-state index < -0.39 is 57.8 Å². The summed E-state index contributed by atoms with van der Waals surface area (Å²) in [5, 5.41) is -5.62. The second kappa shape index (κ2) is 7.49. The van der Waals surface area contributed by atoms with E-state index in [1.54, 1.807) is 0 Å². The first kappa shape index (κ1) is 24.1. The lowest BCUT2D eigenvalue weighted by molar-refractivity contribution is -0.253. The Morgan fingerprint density at radius 1 is 0.839 bits per heavy atom. The highest BCUT2D eigenvalue weighted by atomic mass is 32.2. The highest BCUT2D eigenvalue weighted by Gasteiger charge is 2.62. The Kier molecular flexibility index (Phi) is 5.82. The summed E-state index contributed by atoms with van der Waals surface area (Å²) in [5.74, 6) is -13.8. The van der Waals surface area contributed by atoms with Crippen LogP contribution in [0.1, 0.15) is 38.5 Å². The zero-order valence-corrected chi connectivity index (χ0v) is 16.8. The number of carbonyl (C=O) groups excluding carboxylic acids is 2. The Morgan fingerprint density at radius 2 is 1.23 bits per heavy atom. The molecule has 0 amide bonds. The van der Waals surface area contributed by atoms with E-state index in [2.05, 4.69) is 9.47 Å². The summed E-state index contributed by atoms with van der Waals surface area (Å²) < 4.78 is 118. The normalized spacial score (nSPS) is 30.9. The monoisotopic (exact) mass is 482 g/mol. The molecule has 0 aromatic rings. The number of alkyl halides is 6. The van der Waals surface area contributed by atoms with E-state index in [4.69, 9.17) is 4.55 Å². The maximum Gasteiger partial charge on any atom is 0.465 e. The molecule has 14 heteroatoms. The summed E-state index contributed by atoms with van der Waals surface area (Å²) in [4.78, 5) is 23.4. The first-order valence-electron chi connectivity index (χ1n) is 9.44. The highest BCUT2D eigenvalue weighted by molar-refractivity contribution is 7.87. The van der Waals surface area contributed by atoms with Crippen LogP contribution in [-0.4, -0.2) is 55.2 Å². The second-order valence-electron chi connectivity index (χ2n) is 8.75. The van der Waals surface area contributed by atoms with Gasteiger partial charge in [0.2, 0.25) is 0 Å². The molecule has 0 saturated heterocycles. The first-order valence-corrected chi connectivity index (χ1v) is 10.9. The molecule has 0 radical (unpaired) electrons. The Hall–Kier alpha value is -1.57. The van der Waals surface area contributed by atoms with E-state index in [1.807, 2.05) is 0 Å². The van der Waals surface area contributed by atoms with Gasteiger partial charge in [-0.1, -0.05) is 0 Å². The highest BCUT2D eigenvalue weighted by Crippen LogP contribution is 2.60. The van der Waals surface area contributed by atoms with Gasteiger partial charge in [0.15, 0.2) is 13.2 Å². The van der Waals surface area contributed by atoms with Crippen molar-refractivity contribution in [1.82, 2.24) is 0 Å². The van der Waals surface area contributed by atoms with Gasteiger partial charge in [0.25, 0.3) is 0 Å². The fourth-order valence-corrected chi connectivity index (χ4v) is 5.50. The van der Waals surface area contributed by atoms with E-state index in [1.165, 1.54) is 0 Å². The molecule has 0 atom stereocenters. The molecule has 0 aliphatic heterocycles. The van der Waals surface area contributed by atoms with E-state index in [0.29, 0.717) is 19.3 Å². The fourth-order valence-electron chi connectivity index (χ4n) is 5.23. The minimum Gasteiger partial charge on any atom is -0.459 e. The molecule has 0 spiro atoms. The average molecular weight is 482 g/mol. The molecular weight excluding hydrogens is 462 g/mol. The van der Waals surface area contributed by atoms with Crippen LogP contribution in [0.3, 0.4) is 0 Å². The van der Waals surface area contributed by atoms with Gasteiger partial charge in [-0.2, -0.15) is 34.8 Å². The molecule has 0 unspecified atom stereocenters. The van der Waals surface area contributed by atoms with Crippen LogP contribution in [0.25, 0.3) is 0 Å². The topological polar surface area (TPSA) is 107 Å². The molecule has 4 saturated carbocycles. The third kappa shape index (κ3) is 4.37. The van der Waals surface area contributed by atoms with Gasteiger partial charge < -0.3 is 9.47 Å². The van der Waals surface area contributed by atoms with E-state index in [0.717, 1.165) is 19.3 Å². The summed E-state index contributed by atoms with van der Waals surface area (Å²) in [6.07, 6.45) is 4.09. The largest absolute Gasteiger partial charge is 0.465 e. The van der Waals surface area contributed by atoms with E-state index in [-0.39, 0.29) is 17.8 Å². The molecule has 31 heavy (non-hydrogen) atoms. The molecule has 7 nitrogen and oxygen atoms in total. The standard InChI is InChI=1S/C17H20F6O7S/c18-15(19,16(20,21)8-30-13(25)17(22,23)31(26,27)28)7-29-12(24)14-4-9-1-10(5-14)3-11(2-9)6-14/h9-11H,1-8H2,(H,26,27,28). The van der Waals surface area contributed by atoms with Crippen LogP contribution < -0.4 is 0 Å².